The van der Waals surface area contributed by atoms with Crippen LogP contribution >= 0.6 is 11.8 Å². The van der Waals surface area contributed by atoms with E-state index in [1.165, 1.54) is 0 Å². The minimum absolute atomic E-state index is 0.0208. The average molecular weight is 304 g/mol. The quantitative estimate of drug-likeness (QED) is 0.833. The van der Waals surface area contributed by atoms with Crippen molar-refractivity contribution in [2.24, 2.45) is 0 Å². The zero-order valence-corrected chi connectivity index (χ0v) is 12.9. The normalized spacial score (nSPS) is 20.7. The summed E-state index contributed by atoms with van der Waals surface area (Å²) in [5.74, 6) is 5.58. The molecule has 1 amide bonds. The summed E-state index contributed by atoms with van der Waals surface area (Å²) < 4.78 is 0. The summed E-state index contributed by atoms with van der Waals surface area (Å²) in [5.41, 5.74) is 0.985. The number of aromatic nitrogens is 1. The molecule has 1 aromatic rings. The van der Waals surface area contributed by atoms with Crippen LogP contribution in [0.3, 0.4) is 0 Å². The predicted octanol–water partition coefficient (Wildman–Crippen LogP) is 1.83. The molecule has 0 aromatic carbocycles. The van der Waals surface area contributed by atoms with Crippen molar-refractivity contribution >= 4 is 17.7 Å². The number of carbonyl (C=O) groups excluding carboxylic acids is 1. The molecule has 1 aliphatic carbocycles. The lowest BCUT2D eigenvalue weighted by molar-refractivity contribution is 0.0932. The Bertz CT molecular complexity index is 551. The van der Waals surface area contributed by atoms with E-state index in [1.807, 2.05) is 11.8 Å². The van der Waals surface area contributed by atoms with Gasteiger partial charge in [0.15, 0.2) is 0 Å². The van der Waals surface area contributed by atoms with Gasteiger partial charge in [-0.25, -0.2) is 4.98 Å². The van der Waals surface area contributed by atoms with Crippen molar-refractivity contribution in [2.45, 2.75) is 37.0 Å². The molecule has 112 valence electrons. The molecule has 0 spiro atoms. The van der Waals surface area contributed by atoms with Gasteiger partial charge in [-0.1, -0.05) is 11.8 Å². The summed E-state index contributed by atoms with van der Waals surface area (Å²) in [4.78, 5) is 16.5. The number of amides is 1. The molecule has 1 saturated carbocycles. The van der Waals surface area contributed by atoms with Crippen LogP contribution in [0.5, 0.6) is 0 Å². The molecule has 1 aromatic heterocycles. The third-order valence-electron chi connectivity index (χ3n) is 3.54. The SMILES string of the molecule is CSC1CCC(NC(=O)c2ncccc2C#CCCO)C1. The Labute approximate surface area is 129 Å². The molecule has 0 aliphatic heterocycles. The Morgan fingerprint density at radius 1 is 1.57 bits per heavy atom. The number of pyridine rings is 1. The van der Waals surface area contributed by atoms with Gasteiger partial charge in [-0.2, -0.15) is 11.8 Å². The third-order valence-corrected chi connectivity index (χ3v) is 4.63. The van der Waals surface area contributed by atoms with Crippen LogP contribution in [-0.4, -0.2) is 40.2 Å². The minimum Gasteiger partial charge on any atom is -0.395 e. The van der Waals surface area contributed by atoms with E-state index in [-0.39, 0.29) is 18.6 Å². The van der Waals surface area contributed by atoms with Gasteiger partial charge < -0.3 is 10.4 Å². The molecule has 1 fully saturated rings. The smallest absolute Gasteiger partial charge is 0.271 e. The summed E-state index contributed by atoms with van der Waals surface area (Å²) >= 11 is 1.86. The number of hydrogen-bond donors (Lipinski definition) is 2. The monoisotopic (exact) mass is 304 g/mol. The molecule has 2 rings (SSSR count). The molecule has 21 heavy (non-hydrogen) atoms. The molecule has 4 nitrogen and oxygen atoms in total. The highest BCUT2D eigenvalue weighted by Crippen LogP contribution is 2.28. The Kier molecular flexibility index (Phi) is 6.09. The van der Waals surface area contributed by atoms with Gasteiger partial charge in [0.25, 0.3) is 5.91 Å². The third kappa shape index (κ3) is 4.48. The van der Waals surface area contributed by atoms with Gasteiger partial charge in [0.2, 0.25) is 0 Å². The van der Waals surface area contributed by atoms with Crippen molar-refractivity contribution in [2.75, 3.05) is 12.9 Å². The molecular weight excluding hydrogens is 284 g/mol. The van der Waals surface area contributed by atoms with Crippen LogP contribution in [0, 0.1) is 11.8 Å². The average Bonchev–Trinajstić information content (AvgIpc) is 2.95. The van der Waals surface area contributed by atoms with Crippen molar-refractivity contribution < 1.29 is 9.90 Å². The summed E-state index contributed by atoms with van der Waals surface area (Å²) in [7, 11) is 0. The van der Waals surface area contributed by atoms with Crippen LogP contribution in [0.15, 0.2) is 18.3 Å². The van der Waals surface area contributed by atoms with Crippen LogP contribution in [0.25, 0.3) is 0 Å². The van der Waals surface area contributed by atoms with Gasteiger partial charge in [0, 0.05) is 23.9 Å². The number of aliphatic hydroxyl groups is 1. The highest BCUT2D eigenvalue weighted by Gasteiger charge is 2.26. The number of rotatable bonds is 4. The predicted molar refractivity (Wildman–Crippen MR) is 85.2 cm³/mol. The molecule has 5 heteroatoms. The highest BCUT2D eigenvalue weighted by molar-refractivity contribution is 7.99. The van der Waals surface area contributed by atoms with E-state index in [4.69, 9.17) is 5.11 Å². The summed E-state index contributed by atoms with van der Waals surface area (Å²) in [6.45, 7) is 0.0208. The Balaban J connectivity index is 2.04. The van der Waals surface area contributed by atoms with Crippen molar-refractivity contribution in [3.8, 4) is 11.8 Å². The van der Waals surface area contributed by atoms with Gasteiger partial charge in [-0.15, -0.1) is 0 Å². The van der Waals surface area contributed by atoms with Gasteiger partial charge in [0.1, 0.15) is 5.69 Å². The van der Waals surface area contributed by atoms with Gasteiger partial charge in [-0.3, -0.25) is 4.79 Å². The van der Waals surface area contributed by atoms with E-state index in [1.54, 1.807) is 18.3 Å². The molecular formula is C16H20N2O2S. The maximum atomic E-state index is 12.4. The summed E-state index contributed by atoms with van der Waals surface area (Å²) in [6, 6.07) is 3.78. The lowest BCUT2D eigenvalue weighted by Crippen LogP contribution is -2.34. The van der Waals surface area contributed by atoms with Crippen LogP contribution < -0.4 is 5.32 Å². The van der Waals surface area contributed by atoms with Crippen molar-refractivity contribution in [1.82, 2.24) is 10.3 Å². The van der Waals surface area contributed by atoms with Crippen molar-refractivity contribution in [3.05, 3.63) is 29.6 Å². The van der Waals surface area contributed by atoms with E-state index in [0.29, 0.717) is 22.9 Å². The number of aliphatic hydroxyl groups excluding tert-OH is 1. The first kappa shape index (κ1) is 15.9. The molecule has 0 bridgehead atoms. The van der Waals surface area contributed by atoms with E-state index in [9.17, 15) is 4.79 Å². The second-order valence-corrected chi connectivity index (χ2v) is 6.15. The topological polar surface area (TPSA) is 62.2 Å². The van der Waals surface area contributed by atoms with E-state index in [2.05, 4.69) is 28.4 Å². The molecule has 2 N–H and O–H groups in total. The van der Waals surface area contributed by atoms with Crippen molar-refractivity contribution in [3.63, 3.8) is 0 Å². The molecule has 1 heterocycles. The highest BCUT2D eigenvalue weighted by atomic mass is 32.2. The van der Waals surface area contributed by atoms with Crippen LogP contribution in [0.4, 0.5) is 0 Å². The van der Waals surface area contributed by atoms with Crippen LogP contribution in [0.1, 0.15) is 41.7 Å². The summed E-state index contributed by atoms with van der Waals surface area (Å²) in [5, 5.41) is 12.5. The maximum Gasteiger partial charge on any atom is 0.271 e. The van der Waals surface area contributed by atoms with Crippen LogP contribution in [0.2, 0.25) is 0 Å². The molecule has 0 saturated heterocycles. The molecule has 0 radical (unpaired) electrons. The Morgan fingerprint density at radius 2 is 2.43 bits per heavy atom. The minimum atomic E-state index is -0.157. The zero-order chi connectivity index (χ0) is 15.1. The van der Waals surface area contributed by atoms with Gasteiger partial charge >= 0.3 is 0 Å². The maximum absolute atomic E-state index is 12.4. The van der Waals surface area contributed by atoms with Gasteiger partial charge in [0.05, 0.1) is 12.2 Å². The second-order valence-electron chi connectivity index (χ2n) is 5.02. The molecule has 2 unspecified atom stereocenters. The standard InChI is InChI=1S/C16H20N2O2S/c1-21-14-8-7-13(11-14)18-16(20)15-12(5-2-3-10-19)6-4-9-17-15/h4,6,9,13-14,19H,3,7-8,10-11H2,1H3,(H,18,20). The molecule has 2 atom stereocenters. The zero-order valence-electron chi connectivity index (χ0n) is 12.1. The number of thioether (sulfide) groups is 1. The number of nitrogens with zero attached hydrogens (tertiary/aromatic N) is 1. The fourth-order valence-corrected chi connectivity index (χ4v) is 3.24. The van der Waals surface area contributed by atoms with E-state index < -0.39 is 0 Å². The van der Waals surface area contributed by atoms with Crippen LogP contribution in [-0.2, 0) is 0 Å². The first-order chi connectivity index (χ1) is 10.2. The first-order valence-electron chi connectivity index (χ1n) is 7.13. The lowest BCUT2D eigenvalue weighted by Gasteiger charge is -2.13. The fourth-order valence-electron chi connectivity index (χ4n) is 2.44. The van der Waals surface area contributed by atoms with Crippen molar-refractivity contribution in [1.29, 1.82) is 0 Å². The van der Waals surface area contributed by atoms with E-state index in [0.717, 1.165) is 19.3 Å². The van der Waals surface area contributed by atoms with Gasteiger partial charge in [-0.05, 0) is 37.7 Å². The lowest BCUT2D eigenvalue weighted by atomic mass is 10.1. The number of nitrogens with one attached hydrogen (secondary N) is 1. The second kappa shape index (κ2) is 8.06. The molecule has 1 aliphatic rings. The Hall–Kier alpha value is -1.51. The van der Waals surface area contributed by atoms with E-state index >= 15 is 0 Å². The number of carbonyl (C=O) groups is 1. The number of hydrogen-bond acceptors (Lipinski definition) is 4. The Morgan fingerprint density at radius 3 is 3.14 bits per heavy atom. The fraction of sp³-hybridized carbons (Fsp3) is 0.500. The first-order valence-corrected chi connectivity index (χ1v) is 8.41. The largest absolute Gasteiger partial charge is 0.395 e. The summed E-state index contributed by atoms with van der Waals surface area (Å²) in [6.07, 6.45) is 7.31.